The van der Waals surface area contributed by atoms with E-state index in [-0.39, 0.29) is 31.1 Å². The highest BCUT2D eigenvalue weighted by atomic mass is 16.5. The molecule has 0 saturated carbocycles. The van der Waals surface area contributed by atoms with Crippen molar-refractivity contribution in [2.45, 2.75) is 52.8 Å². The lowest BCUT2D eigenvalue weighted by molar-refractivity contribution is 0.0375. The minimum absolute atomic E-state index is 0.0595. The molecule has 1 fully saturated rings. The molecule has 0 unspecified atom stereocenters. The Hall–Kier alpha value is -2.68. The molecule has 0 radical (unpaired) electrons. The number of aromatic nitrogens is 2. The van der Waals surface area contributed by atoms with Gasteiger partial charge in [0.25, 0.3) is 5.89 Å². The third-order valence-corrected chi connectivity index (χ3v) is 6.83. The summed E-state index contributed by atoms with van der Waals surface area (Å²) in [6.45, 7) is 8.36. The van der Waals surface area contributed by atoms with Crippen LogP contribution in [0.4, 0.5) is 0 Å². The molecule has 8 heteroatoms. The first-order valence-corrected chi connectivity index (χ1v) is 10.7. The molecule has 0 bridgehead atoms. The maximum atomic E-state index is 9.66. The lowest BCUT2D eigenvalue weighted by Crippen LogP contribution is -2.36. The molecule has 0 spiro atoms. The number of aliphatic hydroxyl groups excluding tert-OH is 2. The number of aliphatic hydroxyl groups is 2. The van der Waals surface area contributed by atoms with E-state index >= 15 is 0 Å². The fourth-order valence-corrected chi connectivity index (χ4v) is 4.09. The topological polar surface area (TPSA) is 97.8 Å². The first kappa shape index (κ1) is 22.5. The van der Waals surface area contributed by atoms with Crippen LogP contribution in [0.15, 0.2) is 40.9 Å². The molecule has 1 aliphatic rings. The maximum absolute atomic E-state index is 9.66. The summed E-state index contributed by atoms with van der Waals surface area (Å²) in [7, 11) is 1.51. The van der Waals surface area contributed by atoms with Gasteiger partial charge in [-0.3, -0.25) is 0 Å². The molecule has 0 amide bonds. The van der Waals surface area contributed by atoms with Crippen LogP contribution < -0.4 is 10.2 Å². The molecule has 2 N–H and O–H groups in total. The van der Waals surface area contributed by atoms with Crippen molar-refractivity contribution in [3.63, 3.8) is 0 Å². The highest BCUT2D eigenvalue weighted by Crippen LogP contribution is 2.45. The van der Waals surface area contributed by atoms with Crippen molar-refractivity contribution in [1.29, 1.82) is 0 Å². The van der Waals surface area contributed by atoms with Gasteiger partial charge in [0.15, 0.2) is 0 Å². The Morgan fingerprint density at radius 3 is 2.31 bits per heavy atom. The molecule has 2 aromatic carbocycles. The van der Waals surface area contributed by atoms with Gasteiger partial charge in [0.2, 0.25) is 5.82 Å². The smallest absolute Gasteiger partial charge is 0.327 e. The van der Waals surface area contributed by atoms with E-state index in [4.69, 9.17) is 13.9 Å². The molecule has 1 saturated heterocycles. The van der Waals surface area contributed by atoms with Crippen LogP contribution >= 0.6 is 0 Å². The Balaban J connectivity index is 1.59. The summed E-state index contributed by atoms with van der Waals surface area (Å²) in [5.74, 6) is 1.24. The fraction of sp³-hybridized carbons (Fsp3) is 0.417. The highest BCUT2D eigenvalue weighted by Gasteiger charge is 2.49. The monoisotopic (exact) mass is 436 g/mol. The Morgan fingerprint density at radius 2 is 1.75 bits per heavy atom. The minimum Gasteiger partial charge on any atom is -0.496 e. The van der Waals surface area contributed by atoms with Crippen LogP contribution in [0.2, 0.25) is 6.32 Å². The van der Waals surface area contributed by atoms with E-state index in [0.717, 1.165) is 17.3 Å². The molecule has 1 aliphatic heterocycles. The lowest BCUT2D eigenvalue weighted by atomic mass is 9.54. The maximum Gasteiger partial charge on any atom is 0.327 e. The van der Waals surface area contributed by atoms with Crippen molar-refractivity contribution in [2.75, 3.05) is 7.11 Å². The largest absolute Gasteiger partial charge is 0.496 e. The predicted molar refractivity (Wildman–Crippen MR) is 123 cm³/mol. The number of methoxy groups -OCH3 is 1. The van der Waals surface area contributed by atoms with Gasteiger partial charge in [-0.25, -0.2) is 0 Å². The SMILES string of the molecule is COc1cc(-c2nc(-c3ccc(B4CC(C)(C)C(C)(C)O4)cc3)no2)cc(CO)c1CO. The van der Waals surface area contributed by atoms with Crippen LogP contribution in [0.25, 0.3) is 22.8 Å². The van der Waals surface area contributed by atoms with Crippen LogP contribution in [-0.2, 0) is 17.9 Å². The highest BCUT2D eigenvalue weighted by molar-refractivity contribution is 6.68. The van der Waals surface area contributed by atoms with Gasteiger partial charge in [-0.1, -0.05) is 43.3 Å². The standard InChI is InChI=1S/C24H29BN2O5/c1-23(2)14-25(32-24(23,3)4)18-8-6-15(7-9-18)21-26-22(31-27-21)16-10-17(12-28)19(13-29)20(11-16)30-5/h6-11,28-29H,12-14H2,1-5H3. The Kier molecular flexibility index (Phi) is 5.88. The summed E-state index contributed by atoms with van der Waals surface area (Å²) in [6.07, 6.45) is 0.963. The van der Waals surface area contributed by atoms with Gasteiger partial charge in [-0.05, 0) is 48.7 Å². The molecule has 4 rings (SSSR count). The van der Waals surface area contributed by atoms with Gasteiger partial charge in [-0.15, -0.1) is 0 Å². The summed E-state index contributed by atoms with van der Waals surface area (Å²) < 4.78 is 17.1. The van der Waals surface area contributed by atoms with Crippen LogP contribution in [0.3, 0.4) is 0 Å². The Bertz CT molecular complexity index is 1070. The number of hydrogen-bond donors (Lipinski definition) is 2. The molecule has 7 nitrogen and oxygen atoms in total. The summed E-state index contributed by atoms with van der Waals surface area (Å²) in [4.78, 5) is 4.52. The molecular weight excluding hydrogens is 407 g/mol. The molecule has 0 aliphatic carbocycles. The van der Waals surface area contributed by atoms with Crippen molar-refractivity contribution in [3.05, 3.63) is 47.5 Å². The van der Waals surface area contributed by atoms with Crippen LogP contribution in [0, 0.1) is 5.41 Å². The van der Waals surface area contributed by atoms with E-state index in [2.05, 4.69) is 50.0 Å². The van der Waals surface area contributed by atoms with E-state index in [1.807, 2.05) is 12.1 Å². The quantitative estimate of drug-likeness (QED) is 0.572. The zero-order chi connectivity index (χ0) is 23.1. The Morgan fingerprint density at radius 1 is 1.03 bits per heavy atom. The zero-order valence-electron chi connectivity index (χ0n) is 19.2. The fourth-order valence-electron chi connectivity index (χ4n) is 4.09. The molecule has 32 heavy (non-hydrogen) atoms. The van der Waals surface area contributed by atoms with E-state index in [9.17, 15) is 10.2 Å². The average molecular weight is 436 g/mol. The summed E-state index contributed by atoms with van der Waals surface area (Å²) in [5, 5.41) is 23.4. The number of benzene rings is 2. The number of ether oxygens (including phenoxy) is 1. The summed E-state index contributed by atoms with van der Waals surface area (Å²) in [5.41, 5.74) is 3.58. The van der Waals surface area contributed by atoms with Gasteiger partial charge < -0.3 is 24.1 Å². The first-order valence-electron chi connectivity index (χ1n) is 10.7. The van der Waals surface area contributed by atoms with Crippen molar-refractivity contribution in [2.24, 2.45) is 5.41 Å². The molecule has 0 atom stereocenters. The molecule has 168 valence electrons. The third kappa shape index (κ3) is 3.94. The predicted octanol–water partition coefficient (Wildman–Crippen LogP) is 3.43. The minimum atomic E-state index is -0.237. The second-order valence-electron chi connectivity index (χ2n) is 9.38. The van der Waals surface area contributed by atoms with Crippen LogP contribution in [0.1, 0.15) is 38.8 Å². The number of hydrogen-bond acceptors (Lipinski definition) is 7. The summed E-state index contributed by atoms with van der Waals surface area (Å²) >= 11 is 0. The third-order valence-electron chi connectivity index (χ3n) is 6.83. The molecule has 2 heterocycles. The zero-order valence-corrected chi connectivity index (χ0v) is 19.2. The van der Waals surface area contributed by atoms with Crippen LogP contribution in [0.5, 0.6) is 5.75 Å². The van der Waals surface area contributed by atoms with Crippen LogP contribution in [-0.4, -0.2) is 40.0 Å². The average Bonchev–Trinajstić information content (AvgIpc) is 3.35. The molecule has 3 aromatic rings. The number of rotatable bonds is 6. The number of nitrogens with zero attached hydrogens (tertiary/aromatic N) is 2. The second kappa shape index (κ2) is 8.35. The van der Waals surface area contributed by atoms with Crippen molar-refractivity contribution >= 4 is 12.4 Å². The van der Waals surface area contributed by atoms with Crippen molar-refractivity contribution < 1.29 is 24.1 Å². The summed E-state index contributed by atoms with van der Waals surface area (Å²) in [6, 6.07) is 11.5. The van der Waals surface area contributed by atoms with E-state index in [1.54, 1.807) is 12.1 Å². The van der Waals surface area contributed by atoms with E-state index < -0.39 is 0 Å². The van der Waals surface area contributed by atoms with Crippen molar-refractivity contribution in [3.8, 4) is 28.6 Å². The van der Waals surface area contributed by atoms with Gasteiger partial charge in [0.05, 0.1) is 25.9 Å². The van der Waals surface area contributed by atoms with Gasteiger partial charge in [0, 0.05) is 16.7 Å². The van der Waals surface area contributed by atoms with Gasteiger partial charge in [-0.2, -0.15) is 4.98 Å². The second-order valence-corrected chi connectivity index (χ2v) is 9.38. The lowest BCUT2D eigenvalue weighted by Gasteiger charge is -2.34. The normalized spacial score (nSPS) is 17.0. The molecular formula is C24H29BN2O5. The van der Waals surface area contributed by atoms with Gasteiger partial charge >= 0.3 is 6.92 Å². The van der Waals surface area contributed by atoms with Crippen molar-refractivity contribution in [1.82, 2.24) is 10.1 Å². The molecule has 1 aromatic heterocycles. The van der Waals surface area contributed by atoms with E-state index in [1.165, 1.54) is 7.11 Å². The Labute approximate surface area is 188 Å². The first-order chi connectivity index (χ1) is 15.2. The van der Waals surface area contributed by atoms with Gasteiger partial charge in [0.1, 0.15) is 5.75 Å². The van der Waals surface area contributed by atoms with E-state index in [0.29, 0.717) is 34.2 Å².